The average molecular weight is 314 g/mol. The zero-order valence-electron chi connectivity index (χ0n) is 12.2. The number of benzene rings is 1. The van der Waals surface area contributed by atoms with Crippen LogP contribution in [-0.2, 0) is 16.0 Å². The number of nitrogens with one attached hydrogen (secondary N) is 1. The van der Waals surface area contributed by atoms with Crippen LogP contribution in [0.3, 0.4) is 0 Å². The number of carbonyl (C=O) groups is 2. The zero-order valence-corrected chi connectivity index (χ0v) is 13.0. The van der Waals surface area contributed by atoms with Crippen LogP contribution in [0.15, 0.2) is 47.2 Å². The number of hydrogen-bond donors (Lipinski definition) is 1. The Bertz CT molecular complexity index is 640. The van der Waals surface area contributed by atoms with E-state index in [-0.39, 0.29) is 17.9 Å². The van der Waals surface area contributed by atoms with Gasteiger partial charge in [0.2, 0.25) is 11.8 Å². The molecule has 1 aromatic heterocycles. The molecule has 1 fully saturated rings. The predicted molar refractivity (Wildman–Crippen MR) is 87.8 cm³/mol. The van der Waals surface area contributed by atoms with Crippen LogP contribution in [0.25, 0.3) is 0 Å². The lowest BCUT2D eigenvalue weighted by molar-refractivity contribution is -0.136. The highest BCUT2D eigenvalue weighted by Crippen LogP contribution is 2.21. The van der Waals surface area contributed by atoms with Crippen molar-refractivity contribution < 1.29 is 9.59 Å². The summed E-state index contributed by atoms with van der Waals surface area (Å²) in [5, 5.41) is 6.84. The van der Waals surface area contributed by atoms with Gasteiger partial charge in [-0.25, -0.2) is 0 Å². The molecule has 1 aromatic carbocycles. The summed E-state index contributed by atoms with van der Waals surface area (Å²) >= 11 is 1.58. The van der Waals surface area contributed by atoms with Crippen LogP contribution < -0.4 is 5.32 Å². The standard InChI is InChI=1S/C17H18N2O2S/c20-16(11-13-8-10-22-12-13)19-9-4-7-15(19)17(21)18-14-5-2-1-3-6-14/h1-3,5-6,8,10,12,15H,4,7,9,11H2,(H,18,21)/t15-/m0/s1. The summed E-state index contributed by atoms with van der Waals surface area (Å²) in [4.78, 5) is 26.6. The molecule has 1 aliphatic rings. The van der Waals surface area contributed by atoms with E-state index in [0.29, 0.717) is 13.0 Å². The first-order valence-corrected chi connectivity index (χ1v) is 8.35. The first-order valence-electron chi connectivity index (χ1n) is 7.40. The summed E-state index contributed by atoms with van der Waals surface area (Å²) in [6.45, 7) is 0.663. The molecule has 0 bridgehead atoms. The maximum atomic E-state index is 12.4. The third-order valence-corrected chi connectivity index (χ3v) is 4.58. The lowest BCUT2D eigenvalue weighted by Crippen LogP contribution is -2.43. The topological polar surface area (TPSA) is 49.4 Å². The number of para-hydroxylation sites is 1. The molecule has 114 valence electrons. The number of carbonyl (C=O) groups excluding carboxylic acids is 2. The van der Waals surface area contributed by atoms with E-state index in [1.807, 2.05) is 47.2 Å². The van der Waals surface area contributed by atoms with E-state index in [2.05, 4.69) is 5.32 Å². The van der Waals surface area contributed by atoms with Crippen LogP contribution >= 0.6 is 11.3 Å². The van der Waals surface area contributed by atoms with Gasteiger partial charge in [-0.15, -0.1) is 0 Å². The quantitative estimate of drug-likeness (QED) is 0.943. The van der Waals surface area contributed by atoms with Gasteiger partial charge in [0.25, 0.3) is 0 Å². The molecule has 1 N–H and O–H groups in total. The van der Waals surface area contributed by atoms with Crippen molar-refractivity contribution in [3.8, 4) is 0 Å². The minimum absolute atomic E-state index is 0.0316. The summed E-state index contributed by atoms with van der Waals surface area (Å²) in [6.07, 6.45) is 1.98. The average Bonchev–Trinajstić information content (AvgIpc) is 3.19. The third kappa shape index (κ3) is 3.36. The van der Waals surface area contributed by atoms with Crippen LogP contribution in [-0.4, -0.2) is 29.3 Å². The van der Waals surface area contributed by atoms with Crippen molar-refractivity contribution in [3.05, 3.63) is 52.7 Å². The van der Waals surface area contributed by atoms with Gasteiger partial charge in [-0.1, -0.05) is 18.2 Å². The van der Waals surface area contributed by atoms with Gasteiger partial charge in [-0.05, 0) is 47.4 Å². The highest BCUT2D eigenvalue weighted by molar-refractivity contribution is 7.08. The van der Waals surface area contributed by atoms with Gasteiger partial charge in [0.15, 0.2) is 0 Å². The second-order valence-electron chi connectivity index (χ2n) is 5.41. The van der Waals surface area contributed by atoms with Crippen LogP contribution in [0, 0.1) is 0 Å². The third-order valence-electron chi connectivity index (χ3n) is 3.85. The van der Waals surface area contributed by atoms with Gasteiger partial charge >= 0.3 is 0 Å². The van der Waals surface area contributed by atoms with Crippen molar-refractivity contribution >= 4 is 28.8 Å². The first kappa shape index (κ1) is 14.8. The molecule has 2 aromatic rings. The Labute approximate surface area is 133 Å². The number of amides is 2. The van der Waals surface area contributed by atoms with E-state index in [4.69, 9.17) is 0 Å². The van der Waals surface area contributed by atoms with Gasteiger partial charge < -0.3 is 10.2 Å². The molecule has 1 atom stereocenters. The molecule has 2 heterocycles. The van der Waals surface area contributed by atoms with Crippen molar-refractivity contribution in [1.82, 2.24) is 4.90 Å². The van der Waals surface area contributed by atoms with Crippen LogP contribution in [0.4, 0.5) is 5.69 Å². The van der Waals surface area contributed by atoms with E-state index in [0.717, 1.165) is 24.1 Å². The lowest BCUT2D eigenvalue weighted by Gasteiger charge is -2.24. The van der Waals surface area contributed by atoms with Gasteiger partial charge in [0.05, 0.1) is 6.42 Å². The Balaban J connectivity index is 1.64. The van der Waals surface area contributed by atoms with E-state index in [9.17, 15) is 9.59 Å². The summed E-state index contributed by atoms with van der Waals surface area (Å²) in [6, 6.07) is 11.0. The summed E-state index contributed by atoms with van der Waals surface area (Å²) in [5.74, 6) is -0.0634. The summed E-state index contributed by atoms with van der Waals surface area (Å²) in [7, 11) is 0. The van der Waals surface area contributed by atoms with E-state index >= 15 is 0 Å². The monoisotopic (exact) mass is 314 g/mol. The highest BCUT2D eigenvalue weighted by atomic mass is 32.1. The Hall–Kier alpha value is -2.14. The molecule has 3 rings (SSSR count). The Morgan fingerprint density at radius 2 is 2.05 bits per heavy atom. The number of hydrogen-bond acceptors (Lipinski definition) is 3. The fourth-order valence-electron chi connectivity index (χ4n) is 2.75. The molecule has 0 aliphatic carbocycles. The van der Waals surface area contributed by atoms with Gasteiger partial charge in [-0.2, -0.15) is 11.3 Å². The maximum absolute atomic E-state index is 12.4. The molecule has 22 heavy (non-hydrogen) atoms. The van der Waals surface area contributed by atoms with Crippen molar-refractivity contribution in [2.45, 2.75) is 25.3 Å². The summed E-state index contributed by atoms with van der Waals surface area (Å²) < 4.78 is 0. The molecule has 0 saturated carbocycles. The highest BCUT2D eigenvalue weighted by Gasteiger charge is 2.33. The maximum Gasteiger partial charge on any atom is 0.247 e. The number of thiophene rings is 1. The van der Waals surface area contributed by atoms with Gasteiger partial charge in [0.1, 0.15) is 6.04 Å². The molecular weight excluding hydrogens is 296 g/mol. The van der Waals surface area contributed by atoms with Crippen molar-refractivity contribution in [2.24, 2.45) is 0 Å². The molecule has 0 unspecified atom stereocenters. The lowest BCUT2D eigenvalue weighted by atomic mass is 10.1. The van der Waals surface area contributed by atoms with Crippen molar-refractivity contribution in [2.75, 3.05) is 11.9 Å². The Morgan fingerprint density at radius 3 is 2.77 bits per heavy atom. The normalized spacial score (nSPS) is 17.5. The minimum Gasteiger partial charge on any atom is -0.330 e. The molecule has 2 amide bonds. The van der Waals surface area contributed by atoms with Crippen molar-refractivity contribution in [3.63, 3.8) is 0 Å². The smallest absolute Gasteiger partial charge is 0.247 e. The largest absolute Gasteiger partial charge is 0.330 e. The second kappa shape index (κ2) is 6.75. The fourth-order valence-corrected chi connectivity index (χ4v) is 3.42. The number of rotatable bonds is 4. The second-order valence-corrected chi connectivity index (χ2v) is 6.19. The minimum atomic E-state index is -0.355. The molecule has 4 nitrogen and oxygen atoms in total. The van der Waals surface area contributed by atoms with Crippen molar-refractivity contribution in [1.29, 1.82) is 0 Å². The van der Waals surface area contributed by atoms with E-state index in [1.54, 1.807) is 16.2 Å². The van der Waals surface area contributed by atoms with E-state index < -0.39 is 0 Å². The van der Waals surface area contributed by atoms with Crippen LogP contribution in [0.1, 0.15) is 18.4 Å². The number of anilines is 1. The van der Waals surface area contributed by atoms with Crippen LogP contribution in [0.2, 0.25) is 0 Å². The Morgan fingerprint density at radius 1 is 1.23 bits per heavy atom. The molecule has 0 radical (unpaired) electrons. The molecule has 5 heteroatoms. The molecule has 1 aliphatic heterocycles. The van der Waals surface area contributed by atoms with Crippen LogP contribution in [0.5, 0.6) is 0 Å². The number of nitrogens with zero attached hydrogens (tertiary/aromatic N) is 1. The zero-order chi connectivity index (χ0) is 15.4. The SMILES string of the molecule is O=C(Nc1ccccc1)[C@@H]1CCCN1C(=O)Cc1ccsc1. The van der Waals surface area contributed by atoms with Gasteiger partial charge in [0, 0.05) is 12.2 Å². The number of likely N-dealkylation sites (tertiary alicyclic amines) is 1. The first-order chi connectivity index (χ1) is 10.7. The fraction of sp³-hybridized carbons (Fsp3) is 0.294. The predicted octanol–water partition coefficient (Wildman–Crippen LogP) is 2.92. The Kier molecular flexibility index (Phi) is 4.53. The van der Waals surface area contributed by atoms with Gasteiger partial charge in [-0.3, -0.25) is 9.59 Å². The molecule has 0 spiro atoms. The molecule has 1 saturated heterocycles. The molecular formula is C17H18N2O2S. The van der Waals surface area contributed by atoms with E-state index in [1.165, 1.54) is 0 Å². The summed E-state index contributed by atoms with van der Waals surface area (Å²) in [5.41, 5.74) is 1.79.